The smallest absolute Gasteiger partial charge is 0.220 e. The fourth-order valence-corrected chi connectivity index (χ4v) is 1.12. The molecule has 0 fully saturated rings. The first-order valence-corrected chi connectivity index (χ1v) is 5.53. The number of hydrogen-bond donors (Lipinski definition) is 2. The summed E-state index contributed by atoms with van der Waals surface area (Å²) in [4.78, 5) is 11.5. The lowest BCUT2D eigenvalue weighted by molar-refractivity contribution is -0.122. The zero-order valence-corrected chi connectivity index (χ0v) is 10.2. The first-order valence-electron chi connectivity index (χ1n) is 5.53. The van der Waals surface area contributed by atoms with Crippen LogP contribution in [0.3, 0.4) is 0 Å². The van der Waals surface area contributed by atoms with Crippen molar-refractivity contribution in [3.05, 3.63) is 0 Å². The average molecular weight is 216 g/mol. The Kier molecular flexibility index (Phi) is 7.34. The average Bonchev–Trinajstić information content (AvgIpc) is 2.24. The van der Waals surface area contributed by atoms with Gasteiger partial charge < -0.3 is 15.8 Å². The van der Waals surface area contributed by atoms with E-state index in [1.54, 1.807) is 7.11 Å². The molecule has 15 heavy (non-hydrogen) atoms. The molecule has 0 rings (SSSR count). The molecular formula is C11H24N2O2. The van der Waals surface area contributed by atoms with E-state index >= 15 is 0 Å². The van der Waals surface area contributed by atoms with Gasteiger partial charge in [0.1, 0.15) is 0 Å². The minimum atomic E-state index is 0.0756. The predicted molar refractivity (Wildman–Crippen MR) is 61.5 cm³/mol. The van der Waals surface area contributed by atoms with E-state index in [1.807, 2.05) is 20.8 Å². The quantitative estimate of drug-likeness (QED) is 0.664. The van der Waals surface area contributed by atoms with Gasteiger partial charge >= 0.3 is 0 Å². The van der Waals surface area contributed by atoms with Crippen LogP contribution in [-0.2, 0) is 9.53 Å². The third kappa shape index (κ3) is 6.47. The zero-order valence-electron chi connectivity index (χ0n) is 10.2. The maximum atomic E-state index is 11.5. The van der Waals surface area contributed by atoms with Gasteiger partial charge in [-0.2, -0.15) is 0 Å². The van der Waals surface area contributed by atoms with Crippen molar-refractivity contribution in [1.82, 2.24) is 5.32 Å². The lowest BCUT2D eigenvalue weighted by Gasteiger charge is -2.20. The number of hydrogen-bond acceptors (Lipinski definition) is 3. The molecule has 3 N–H and O–H groups in total. The molecule has 4 heteroatoms. The highest BCUT2D eigenvalue weighted by atomic mass is 16.5. The molecule has 0 spiro atoms. The van der Waals surface area contributed by atoms with Crippen LogP contribution in [0, 0.1) is 5.92 Å². The van der Waals surface area contributed by atoms with E-state index in [1.165, 1.54) is 0 Å². The summed E-state index contributed by atoms with van der Waals surface area (Å²) >= 11 is 0. The molecule has 0 bridgehead atoms. The minimum absolute atomic E-state index is 0.0756. The molecule has 0 aliphatic carbocycles. The summed E-state index contributed by atoms with van der Waals surface area (Å²) in [5.41, 5.74) is 5.52. The molecule has 0 aliphatic rings. The number of rotatable bonds is 7. The molecule has 0 saturated carbocycles. The van der Waals surface area contributed by atoms with Crippen molar-refractivity contribution in [3.8, 4) is 0 Å². The number of nitrogens with one attached hydrogen (secondary N) is 1. The van der Waals surface area contributed by atoms with Gasteiger partial charge in [-0.1, -0.05) is 6.92 Å². The Bertz CT molecular complexity index is 185. The number of amides is 1. The third-order valence-electron chi connectivity index (χ3n) is 2.79. The van der Waals surface area contributed by atoms with E-state index in [0.29, 0.717) is 18.9 Å². The van der Waals surface area contributed by atoms with Crippen molar-refractivity contribution in [3.63, 3.8) is 0 Å². The fraction of sp³-hybridized carbons (Fsp3) is 0.909. The molecule has 0 saturated heterocycles. The first kappa shape index (κ1) is 14.4. The lowest BCUT2D eigenvalue weighted by Crippen LogP contribution is -2.39. The van der Waals surface area contributed by atoms with Gasteiger partial charge in [-0.3, -0.25) is 4.79 Å². The van der Waals surface area contributed by atoms with E-state index < -0.39 is 0 Å². The summed E-state index contributed by atoms with van der Waals surface area (Å²) in [6.07, 6.45) is 1.40. The Morgan fingerprint density at radius 3 is 2.47 bits per heavy atom. The van der Waals surface area contributed by atoms with Crippen LogP contribution in [0.2, 0.25) is 0 Å². The first-order chi connectivity index (χ1) is 7.01. The maximum Gasteiger partial charge on any atom is 0.220 e. The van der Waals surface area contributed by atoms with Gasteiger partial charge in [-0.05, 0) is 32.7 Å². The van der Waals surface area contributed by atoms with E-state index in [9.17, 15) is 4.79 Å². The monoisotopic (exact) mass is 216 g/mol. The molecule has 4 nitrogen and oxygen atoms in total. The van der Waals surface area contributed by atoms with Crippen LogP contribution in [0.15, 0.2) is 0 Å². The van der Waals surface area contributed by atoms with Crippen LogP contribution in [0.25, 0.3) is 0 Å². The van der Waals surface area contributed by atoms with Crippen LogP contribution in [0.1, 0.15) is 33.6 Å². The van der Waals surface area contributed by atoms with Gasteiger partial charge in [0.2, 0.25) is 5.91 Å². The number of carbonyl (C=O) groups excluding carboxylic acids is 1. The summed E-state index contributed by atoms with van der Waals surface area (Å²) in [6, 6.07) is 0.139. The molecule has 0 aromatic heterocycles. The van der Waals surface area contributed by atoms with Crippen molar-refractivity contribution in [2.75, 3.05) is 13.7 Å². The minimum Gasteiger partial charge on any atom is -0.382 e. The van der Waals surface area contributed by atoms with Gasteiger partial charge in [0.05, 0.1) is 6.10 Å². The second-order valence-electron chi connectivity index (χ2n) is 4.15. The molecule has 3 unspecified atom stereocenters. The molecule has 90 valence electrons. The highest BCUT2D eigenvalue weighted by Gasteiger charge is 2.13. The van der Waals surface area contributed by atoms with Crippen molar-refractivity contribution in [2.24, 2.45) is 11.7 Å². The van der Waals surface area contributed by atoms with E-state index in [0.717, 1.165) is 6.42 Å². The highest BCUT2D eigenvalue weighted by molar-refractivity contribution is 5.76. The summed E-state index contributed by atoms with van der Waals surface area (Å²) < 4.78 is 5.07. The largest absolute Gasteiger partial charge is 0.382 e. The van der Waals surface area contributed by atoms with Crippen LogP contribution in [0.4, 0.5) is 0 Å². The van der Waals surface area contributed by atoms with Gasteiger partial charge in [0.15, 0.2) is 0 Å². The summed E-state index contributed by atoms with van der Waals surface area (Å²) in [6.45, 7) is 6.56. The second-order valence-corrected chi connectivity index (χ2v) is 4.15. The molecule has 0 aromatic rings. The lowest BCUT2D eigenvalue weighted by atomic mass is 10.0. The Balaban J connectivity index is 3.73. The van der Waals surface area contributed by atoms with Crippen LogP contribution >= 0.6 is 0 Å². The predicted octanol–water partition coefficient (Wildman–Crippen LogP) is 0.901. The maximum absolute atomic E-state index is 11.5. The van der Waals surface area contributed by atoms with Gasteiger partial charge in [-0.25, -0.2) is 0 Å². The normalized spacial score (nSPS) is 16.9. The Morgan fingerprint density at radius 2 is 2.00 bits per heavy atom. The molecule has 0 aromatic carbocycles. The SMILES string of the molecule is COC(C)CCC(=O)NC(C)C(C)CN. The Hall–Kier alpha value is -0.610. The summed E-state index contributed by atoms with van der Waals surface area (Å²) in [7, 11) is 1.65. The third-order valence-corrected chi connectivity index (χ3v) is 2.79. The highest BCUT2D eigenvalue weighted by Crippen LogP contribution is 2.03. The van der Waals surface area contributed by atoms with Crippen molar-refractivity contribution >= 4 is 5.91 Å². The standard InChI is InChI=1S/C11H24N2O2/c1-8(7-12)10(3)13-11(14)6-5-9(2)15-4/h8-10H,5-7,12H2,1-4H3,(H,13,14). The van der Waals surface area contributed by atoms with Crippen LogP contribution < -0.4 is 11.1 Å². The van der Waals surface area contributed by atoms with E-state index in [4.69, 9.17) is 10.5 Å². The summed E-state index contributed by atoms with van der Waals surface area (Å²) in [5, 5.41) is 2.94. The van der Waals surface area contributed by atoms with Crippen LogP contribution in [-0.4, -0.2) is 31.7 Å². The van der Waals surface area contributed by atoms with Crippen molar-refractivity contribution < 1.29 is 9.53 Å². The van der Waals surface area contributed by atoms with E-state index in [-0.39, 0.29) is 18.1 Å². The summed E-state index contributed by atoms with van der Waals surface area (Å²) in [5.74, 6) is 0.389. The molecule has 3 atom stereocenters. The number of methoxy groups -OCH3 is 1. The van der Waals surface area contributed by atoms with Crippen LogP contribution in [0.5, 0.6) is 0 Å². The molecular weight excluding hydrogens is 192 g/mol. The van der Waals surface area contributed by atoms with E-state index in [2.05, 4.69) is 5.32 Å². The Morgan fingerprint density at radius 1 is 1.40 bits per heavy atom. The van der Waals surface area contributed by atoms with Gasteiger partial charge in [0, 0.05) is 19.6 Å². The van der Waals surface area contributed by atoms with Crippen molar-refractivity contribution in [1.29, 1.82) is 0 Å². The topological polar surface area (TPSA) is 64.3 Å². The number of nitrogens with two attached hydrogens (primary N) is 1. The Labute approximate surface area is 92.6 Å². The second kappa shape index (κ2) is 7.65. The number of ether oxygens (including phenoxy) is 1. The van der Waals surface area contributed by atoms with Crippen molar-refractivity contribution in [2.45, 2.75) is 45.8 Å². The van der Waals surface area contributed by atoms with Gasteiger partial charge in [0.25, 0.3) is 0 Å². The molecule has 0 radical (unpaired) electrons. The molecule has 0 heterocycles. The molecule has 0 aliphatic heterocycles. The molecule has 1 amide bonds. The fourth-order valence-electron chi connectivity index (χ4n) is 1.12. The zero-order chi connectivity index (χ0) is 11.8. The van der Waals surface area contributed by atoms with Gasteiger partial charge in [-0.15, -0.1) is 0 Å². The number of carbonyl (C=O) groups is 1.